The van der Waals surface area contributed by atoms with E-state index in [1.54, 1.807) is 6.07 Å². The number of nitrogens with one attached hydrogen (secondary N) is 1. The molecule has 2 nitrogen and oxygen atoms in total. The molecule has 0 heterocycles. The van der Waals surface area contributed by atoms with Gasteiger partial charge in [-0.25, -0.2) is 0 Å². The summed E-state index contributed by atoms with van der Waals surface area (Å²) in [6.07, 6.45) is 9.66. The van der Waals surface area contributed by atoms with E-state index in [-0.39, 0.29) is 43.0 Å². The van der Waals surface area contributed by atoms with Crippen molar-refractivity contribution in [3.05, 3.63) is 70.7 Å². The summed E-state index contributed by atoms with van der Waals surface area (Å²) in [4.78, 5) is 2.20. The van der Waals surface area contributed by atoms with Crippen LogP contribution in [0, 0.1) is 55.8 Å². The van der Waals surface area contributed by atoms with Crippen LogP contribution in [0.1, 0.15) is 104 Å². The standard InChI is InChI=1S/C29H46FN2.C3H5F3.U/c1-9-11-13-14-24(6)29(27-17-16-23(5)21-28(27)30)32(8)19-18-25(7)31-26(15-12-10-2)20-22(3)4;1-2-3(4,5)6;/h11,13-14,16,18,21-22,26,29,31H,9-10,12,15,19-20H2,1-8H3;2H2,1H3;/q-1;;/b13-11-,24-14+,25-18+;;. The molecular formula is C32H51F4N2U-. The van der Waals surface area contributed by atoms with Crippen LogP contribution in [0.3, 0.4) is 0 Å². The molecule has 0 saturated heterocycles. The summed E-state index contributed by atoms with van der Waals surface area (Å²) in [7, 11) is 2.06. The number of likely N-dealkylation sites (N-methyl/N-ethyl adjacent to an activating group) is 1. The van der Waals surface area contributed by atoms with E-state index in [1.165, 1.54) is 31.4 Å². The predicted molar refractivity (Wildman–Crippen MR) is 155 cm³/mol. The molecule has 0 aliphatic heterocycles. The second-order valence-corrected chi connectivity index (χ2v) is 10.5. The number of nitrogens with zero attached hydrogens (tertiary/aromatic N) is 1. The van der Waals surface area contributed by atoms with Gasteiger partial charge in [-0.3, -0.25) is 9.29 Å². The zero-order valence-corrected chi connectivity index (χ0v) is 29.8. The second kappa shape index (κ2) is 21.7. The van der Waals surface area contributed by atoms with Crippen molar-refractivity contribution in [2.45, 2.75) is 112 Å². The molecule has 1 aromatic rings. The minimum Gasteiger partial charge on any atom is -0.386 e. The van der Waals surface area contributed by atoms with E-state index in [4.69, 9.17) is 0 Å². The first-order chi connectivity index (χ1) is 17.7. The molecule has 0 radical (unpaired) electrons. The Hall–Kier alpha value is -1.03. The first-order valence-electron chi connectivity index (χ1n) is 14.0. The third kappa shape index (κ3) is 18.9. The van der Waals surface area contributed by atoms with Gasteiger partial charge >= 0.3 is 6.18 Å². The minimum atomic E-state index is -3.96. The van der Waals surface area contributed by atoms with Crippen molar-refractivity contribution in [2.75, 3.05) is 13.6 Å². The fourth-order valence-electron chi connectivity index (χ4n) is 4.07. The van der Waals surface area contributed by atoms with Gasteiger partial charge in [0.05, 0.1) is 0 Å². The fourth-order valence-corrected chi connectivity index (χ4v) is 4.07. The summed E-state index contributed by atoms with van der Waals surface area (Å²) < 4.78 is 47.2. The Morgan fingerprint density at radius 2 is 1.77 bits per heavy atom. The molecule has 0 amide bonds. The Bertz CT molecular complexity index is 875. The van der Waals surface area contributed by atoms with Crippen molar-refractivity contribution >= 4 is 0 Å². The molecule has 1 N–H and O–H groups in total. The number of hydrogen-bond acceptors (Lipinski definition) is 2. The molecule has 0 spiro atoms. The summed E-state index contributed by atoms with van der Waals surface area (Å²) in [6, 6.07) is 7.04. The molecular weight excluding hydrogens is 726 g/mol. The van der Waals surface area contributed by atoms with Crippen LogP contribution in [0.5, 0.6) is 0 Å². The Morgan fingerprint density at radius 1 is 1.15 bits per heavy atom. The van der Waals surface area contributed by atoms with Gasteiger partial charge in [0.25, 0.3) is 0 Å². The maximum atomic E-state index is 14.9. The smallest absolute Gasteiger partial charge is 0.386 e. The largest absolute Gasteiger partial charge is 0.388 e. The molecule has 0 bridgehead atoms. The van der Waals surface area contributed by atoms with Gasteiger partial charge < -0.3 is 5.32 Å². The molecule has 0 aromatic heterocycles. The van der Waals surface area contributed by atoms with E-state index in [9.17, 15) is 17.6 Å². The van der Waals surface area contributed by atoms with Gasteiger partial charge in [0.15, 0.2) is 0 Å². The molecule has 1 aromatic carbocycles. The Labute approximate surface area is 260 Å². The number of rotatable bonds is 14. The van der Waals surface area contributed by atoms with E-state index >= 15 is 0 Å². The van der Waals surface area contributed by atoms with Gasteiger partial charge in [0.2, 0.25) is 0 Å². The number of benzene rings is 1. The number of hydrogen-bond donors (Lipinski definition) is 1. The molecule has 0 fully saturated rings. The van der Waals surface area contributed by atoms with E-state index in [0.29, 0.717) is 17.5 Å². The summed E-state index contributed by atoms with van der Waals surface area (Å²) in [5.74, 6) is 0.484. The third-order valence-corrected chi connectivity index (χ3v) is 6.12. The Balaban J connectivity index is 0. The van der Waals surface area contributed by atoms with Crippen molar-refractivity contribution in [1.82, 2.24) is 10.2 Å². The minimum absolute atomic E-state index is 0. The summed E-state index contributed by atoms with van der Waals surface area (Å²) in [5, 5.41) is 3.73. The van der Waals surface area contributed by atoms with Gasteiger partial charge in [0.1, 0.15) is 0 Å². The molecule has 0 saturated carbocycles. The average Bonchev–Trinajstić information content (AvgIpc) is 2.82. The zero-order chi connectivity index (χ0) is 29.3. The van der Waals surface area contributed by atoms with Crippen molar-refractivity contribution in [3.63, 3.8) is 0 Å². The van der Waals surface area contributed by atoms with Crippen molar-refractivity contribution in [2.24, 2.45) is 5.92 Å². The summed E-state index contributed by atoms with van der Waals surface area (Å²) in [6.45, 7) is 16.9. The van der Waals surface area contributed by atoms with Crippen LogP contribution in [-0.2, 0) is 0 Å². The second-order valence-electron chi connectivity index (χ2n) is 10.5. The monoisotopic (exact) mass is 777 g/mol. The molecule has 0 aliphatic carbocycles. The van der Waals surface area contributed by atoms with Gasteiger partial charge in [-0.1, -0.05) is 84.3 Å². The van der Waals surface area contributed by atoms with E-state index < -0.39 is 12.6 Å². The Kier molecular flexibility index (Phi) is 22.3. The van der Waals surface area contributed by atoms with E-state index in [0.717, 1.165) is 31.0 Å². The number of aryl methyl sites for hydroxylation is 1. The van der Waals surface area contributed by atoms with Crippen LogP contribution in [-0.4, -0.2) is 30.7 Å². The topological polar surface area (TPSA) is 15.3 Å². The molecule has 1 rings (SSSR count). The van der Waals surface area contributed by atoms with Gasteiger partial charge in [-0.15, -0.1) is 11.6 Å². The van der Waals surface area contributed by atoms with E-state index in [2.05, 4.69) is 89.2 Å². The quantitative estimate of drug-likeness (QED) is 0.115. The van der Waals surface area contributed by atoms with Crippen molar-refractivity contribution < 1.29 is 48.7 Å². The Morgan fingerprint density at radius 3 is 2.26 bits per heavy atom. The van der Waals surface area contributed by atoms with Crippen LogP contribution in [0.4, 0.5) is 17.6 Å². The molecule has 2 atom stereocenters. The zero-order valence-electron chi connectivity index (χ0n) is 25.6. The predicted octanol–water partition coefficient (Wildman–Crippen LogP) is 9.88. The molecule has 39 heavy (non-hydrogen) atoms. The van der Waals surface area contributed by atoms with Crippen LogP contribution >= 0.6 is 0 Å². The molecule has 2 unspecified atom stereocenters. The van der Waals surface area contributed by atoms with Crippen molar-refractivity contribution in [3.8, 4) is 0 Å². The third-order valence-electron chi connectivity index (χ3n) is 6.12. The van der Waals surface area contributed by atoms with Crippen LogP contribution in [0.15, 0.2) is 47.7 Å². The van der Waals surface area contributed by atoms with Crippen LogP contribution in [0.2, 0.25) is 0 Å². The van der Waals surface area contributed by atoms with Crippen molar-refractivity contribution in [1.29, 1.82) is 0 Å². The first kappa shape index (κ1) is 40.1. The average molecular weight is 778 g/mol. The fraction of sp³-hybridized carbons (Fsp3) is 0.625. The molecule has 222 valence electrons. The summed E-state index contributed by atoms with van der Waals surface area (Å²) in [5.41, 5.74) is 3.80. The molecule has 0 aliphatic rings. The normalized spacial score (nSPS) is 14.2. The summed E-state index contributed by atoms with van der Waals surface area (Å²) >= 11 is 0. The van der Waals surface area contributed by atoms with Gasteiger partial charge in [-0.05, 0) is 46.1 Å². The number of halogens is 4. The first-order valence-corrected chi connectivity index (χ1v) is 14.0. The number of allylic oxidation sites excluding steroid dienone is 4. The number of unbranched alkanes of at least 4 members (excludes halogenated alkanes) is 1. The van der Waals surface area contributed by atoms with Gasteiger partial charge in [0, 0.05) is 67.7 Å². The maximum Gasteiger partial charge on any atom is 0.388 e. The number of alkyl halides is 3. The van der Waals surface area contributed by atoms with Gasteiger partial charge in [-0.2, -0.15) is 30.9 Å². The van der Waals surface area contributed by atoms with E-state index in [1.807, 2.05) is 13.0 Å². The maximum absolute atomic E-state index is 14.9. The van der Waals surface area contributed by atoms with Crippen LogP contribution in [0.25, 0.3) is 0 Å². The molecule has 7 heteroatoms. The van der Waals surface area contributed by atoms with Crippen LogP contribution < -0.4 is 5.32 Å². The SMILES string of the molecule is CC/C=C\C=C(/C)C(c1[c-]cc(C)cc1F)N(C)C/C=C(\C)NC(CCCC)CC(C)C.CCC(F)(F)F.[U].